The van der Waals surface area contributed by atoms with Crippen molar-refractivity contribution in [3.05, 3.63) is 12.7 Å². The van der Waals surface area contributed by atoms with Crippen LogP contribution in [0.3, 0.4) is 0 Å². The highest BCUT2D eigenvalue weighted by Crippen LogP contribution is 2.29. The third kappa shape index (κ3) is 4.28. The molecule has 1 aliphatic rings. The Balaban J connectivity index is 2.21. The van der Waals surface area contributed by atoms with E-state index in [4.69, 9.17) is 0 Å². The van der Waals surface area contributed by atoms with Gasteiger partial charge < -0.3 is 5.32 Å². The third-order valence-electron chi connectivity index (χ3n) is 3.23. The second-order valence-electron chi connectivity index (χ2n) is 4.56. The Morgan fingerprint density at radius 3 is 2.71 bits per heavy atom. The van der Waals surface area contributed by atoms with E-state index in [0.717, 1.165) is 18.9 Å². The molecular weight excluding hydrogens is 170 g/mol. The van der Waals surface area contributed by atoms with Crippen LogP contribution in [-0.4, -0.2) is 12.6 Å². The average molecular weight is 195 g/mol. The summed E-state index contributed by atoms with van der Waals surface area (Å²) in [5, 5.41) is 3.63. The normalized spacial score (nSPS) is 19.8. The Kier molecular flexibility index (Phi) is 5.93. The van der Waals surface area contributed by atoms with E-state index in [0.29, 0.717) is 6.04 Å². The van der Waals surface area contributed by atoms with Crippen LogP contribution in [0.5, 0.6) is 0 Å². The van der Waals surface area contributed by atoms with Crippen LogP contribution in [0.2, 0.25) is 0 Å². The second-order valence-corrected chi connectivity index (χ2v) is 4.56. The van der Waals surface area contributed by atoms with Gasteiger partial charge in [0.15, 0.2) is 0 Å². The molecule has 14 heavy (non-hydrogen) atoms. The lowest BCUT2D eigenvalue weighted by molar-refractivity contribution is 0.388. The van der Waals surface area contributed by atoms with Gasteiger partial charge in [-0.05, 0) is 31.7 Å². The highest BCUT2D eigenvalue weighted by Gasteiger charge is 2.18. The van der Waals surface area contributed by atoms with Gasteiger partial charge in [0.25, 0.3) is 0 Å². The van der Waals surface area contributed by atoms with Crippen molar-refractivity contribution >= 4 is 0 Å². The molecular formula is C13H25N. The topological polar surface area (TPSA) is 12.0 Å². The molecule has 0 bridgehead atoms. The van der Waals surface area contributed by atoms with Crippen molar-refractivity contribution in [2.45, 2.75) is 57.9 Å². The van der Waals surface area contributed by atoms with E-state index >= 15 is 0 Å². The van der Waals surface area contributed by atoms with Crippen LogP contribution in [0.15, 0.2) is 12.7 Å². The molecule has 1 heteroatoms. The molecule has 1 rings (SSSR count). The zero-order chi connectivity index (χ0) is 10.2. The molecule has 1 fully saturated rings. The lowest BCUT2D eigenvalue weighted by atomic mass is 9.96. The molecule has 0 aromatic carbocycles. The molecule has 0 aromatic heterocycles. The second kappa shape index (κ2) is 7.05. The summed E-state index contributed by atoms with van der Waals surface area (Å²) in [5.74, 6) is 0.990. The van der Waals surface area contributed by atoms with Crippen LogP contribution in [0, 0.1) is 5.92 Å². The molecule has 1 unspecified atom stereocenters. The summed E-state index contributed by atoms with van der Waals surface area (Å²) in [6.07, 6.45) is 11.6. The molecule has 0 amide bonds. The molecule has 0 spiro atoms. The fourth-order valence-corrected chi connectivity index (χ4v) is 2.46. The molecule has 0 radical (unpaired) electrons. The van der Waals surface area contributed by atoms with Crippen molar-refractivity contribution in [3.8, 4) is 0 Å². The first-order valence-electron chi connectivity index (χ1n) is 6.21. The number of nitrogens with one attached hydrogen (secondary N) is 1. The zero-order valence-corrected chi connectivity index (χ0v) is 9.60. The summed E-state index contributed by atoms with van der Waals surface area (Å²) < 4.78 is 0. The molecule has 82 valence electrons. The summed E-state index contributed by atoms with van der Waals surface area (Å²) in [5.41, 5.74) is 0. The number of hydrogen-bond acceptors (Lipinski definition) is 1. The van der Waals surface area contributed by atoms with Crippen molar-refractivity contribution in [1.29, 1.82) is 0 Å². The summed E-state index contributed by atoms with van der Waals surface area (Å²) in [4.78, 5) is 0. The van der Waals surface area contributed by atoms with E-state index in [2.05, 4.69) is 24.9 Å². The van der Waals surface area contributed by atoms with Gasteiger partial charge in [0.2, 0.25) is 0 Å². The lowest BCUT2D eigenvalue weighted by Gasteiger charge is -2.20. The first-order valence-corrected chi connectivity index (χ1v) is 6.21. The first kappa shape index (κ1) is 11.8. The van der Waals surface area contributed by atoms with Gasteiger partial charge in [-0.15, -0.1) is 6.58 Å². The molecule has 0 heterocycles. The minimum absolute atomic E-state index is 0.690. The van der Waals surface area contributed by atoms with E-state index in [-0.39, 0.29) is 0 Å². The fraction of sp³-hybridized carbons (Fsp3) is 0.846. The van der Waals surface area contributed by atoms with Crippen molar-refractivity contribution in [3.63, 3.8) is 0 Å². The minimum atomic E-state index is 0.690. The Bertz CT molecular complexity index is 147. The first-order chi connectivity index (χ1) is 6.86. The quantitative estimate of drug-likeness (QED) is 0.613. The smallest absolute Gasteiger partial charge is 0.0104 e. The predicted octanol–water partition coefficient (Wildman–Crippen LogP) is 3.51. The highest BCUT2D eigenvalue weighted by atomic mass is 14.9. The van der Waals surface area contributed by atoms with Crippen molar-refractivity contribution in [2.24, 2.45) is 5.92 Å². The van der Waals surface area contributed by atoms with Gasteiger partial charge in [0, 0.05) is 6.04 Å². The van der Waals surface area contributed by atoms with Gasteiger partial charge in [0.1, 0.15) is 0 Å². The van der Waals surface area contributed by atoms with Crippen molar-refractivity contribution < 1.29 is 0 Å². The van der Waals surface area contributed by atoms with E-state index in [9.17, 15) is 0 Å². The standard InChI is InChI=1S/C13H25N/c1-3-7-13(14-10-4-2)11-12-8-5-6-9-12/h3,12-14H,1,4-11H2,2H3. The monoisotopic (exact) mass is 195 g/mol. The van der Waals surface area contributed by atoms with E-state index in [1.54, 1.807) is 0 Å². The summed E-state index contributed by atoms with van der Waals surface area (Å²) in [7, 11) is 0. The maximum atomic E-state index is 3.84. The third-order valence-corrected chi connectivity index (χ3v) is 3.23. The molecule has 1 atom stereocenters. The number of rotatable bonds is 7. The van der Waals surface area contributed by atoms with E-state index in [1.807, 2.05) is 0 Å². The van der Waals surface area contributed by atoms with Gasteiger partial charge in [-0.2, -0.15) is 0 Å². The molecule has 1 aliphatic carbocycles. The van der Waals surface area contributed by atoms with Crippen molar-refractivity contribution in [1.82, 2.24) is 5.32 Å². The molecule has 1 nitrogen and oxygen atoms in total. The zero-order valence-electron chi connectivity index (χ0n) is 9.60. The molecule has 1 saturated carbocycles. The van der Waals surface area contributed by atoms with Crippen LogP contribution in [0.25, 0.3) is 0 Å². The molecule has 0 aliphatic heterocycles. The minimum Gasteiger partial charge on any atom is -0.314 e. The summed E-state index contributed by atoms with van der Waals surface area (Å²) in [6, 6.07) is 0.690. The van der Waals surface area contributed by atoms with Crippen LogP contribution < -0.4 is 5.32 Å². The van der Waals surface area contributed by atoms with Crippen LogP contribution in [-0.2, 0) is 0 Å². The predicted molar refractivity (Wildman–Crippen MR) is 63.5 cm³/mol. The van der Waals surface area contributed by atoms with Gasteiger partial charge in [-0.1, -0.05) is 38.7 Å². The average Bonchev–Trinajstić information content (AvgIpc) is 2.67. The molecule has 0 saturated heterocycles. The fourth-order valence-electron chi connectivity index (χ4n) is 2.46. The molecule has 1 N–H and O–H groups in total. The lowest BCUT2D eigenvalue weighted by Crippen LogP contribution is -2.31. The van der Waals surface area contributed by atoms with Crippen LogP contribution >= 0.6 is 0 Å². The van der Waals surface area contributed by atoms with E-state index < -0.39 is 0 Å². The highest BCUT2D eigenvalue weighted by molar-refractivity contribution is 4.81. The number of hydrogen-bond donors (Lipinski definition) is 1. The largest absolute Gasteiger partial charge is 0.314 e. The Hall–Kier alpha value is -0.300. The van der Waals surface area contributed by atoms with Crippen molar-refractivity contribution in [2.75, 3.05) is 6.54 Å². The summed E-state index contributed by atoms with van der Waals surface area (Å²) in [6.45, 7) is 7.23. The van der Waals surface area contributed by atoms with Gasteiger partial charge in [0.05, 0.1) is 0 Å². The van der Waals surface area contributed by atoms with Crippen LogP contribution in [0.4, 0.5) is 0 Å². The Labute approximate surface area is 89.0 Å². The maximum absolute atomic E-state index is 3.84. The van der Waals surface area contributed by atoms with Gasteiger partial charge >= 0.3 is 0 Å². The van der Waals surface area contributed by atoms with E-state index in [1.165, 1.54) is 38.5 Å². The Morgan fingerprint density at radius 1 is 1.43 bits per heavy atom. The summed E-state index contributed by atoms with van der Waals surface area (Å²) >= 11 is 0. The van der Waals surface area contributed by atoms with Crippen LogP contribution in [0.1, 0.15) is 51.9 Å². The maximum Gasteiger partial charge on any atom is 0.0104 e. The Morgan fingerprint density at radius 2 is 2.14 bits per heavy atom. The SMILES string of the molecule is C=CCC(CC1CCCC1)NCCC. The molecule has 0 aromatic rings. The van der Waals surface area contributed by atoms with Gasteiger partial charge in [-0.3, -0.25) is 0 Å². The van der Waals surface area contributed by atoms with Gasteiger partial charge in [-0.25, -0.2) is 0 Å².